The number of nitrogens with zero attached hydrogens (tertiary/aromatic N) is 4. The van der Waals surface area contributed by atoms with E-state index in [9.17, 15) is 8.78 Å². The van der Waals surface area contributed by atoms with Crippen LogP contribution >= 0.6 is 0 Å². The maximum atomic E-state index is 13.9. The molecule has 0 aliphatic heterocycles. The summed E-state index contributed by atoms with van der Waals surface area (Å²) in [7, 11) is 0. The summed E-state index contributed by atoms with van der Waals surface area (Å²) in [5.74, 6) is -0.355. The molecule has 2 rings (SSSR count). The van der Waals surface area contributed by atoms with E-state index in [0.717, 1.165) is 0 Å². The first-order chi connectivity index (χ1) is 9.13. The van der Waals surface area contributed by atoms with Crippen LogP contribution in [0.4, 0.5) is 14.6 Å². The number of nitriles is 1. The number of aromatic nitrogens is 2. The van der Waals surface area contributed by atoms with Gasteiger partial charge in [-0.1, -0.05) is 0 Å². The van der Waals surface area contributed by atoms with Crippen LogP contribution in [0.25, 0.3) is 0 Å². The molecule has 6 heteroatoms. The smallest absolute Gasteiger partial charge is 0.153 e. The van der Waals surface area contributed by atoms with Crippen molar-refractivity contribution in [3.05, 3.63) is 29.6 Å². The minimum atomic E-state index is -1.58. The van der Waals surface area contributed by atoms with Crippen molar-refractivity contribution in [1.29, 1.82) is 5.26 Å². The summed E-state index contributed by atoms with van der Waals surface area (Å²) < 4.78 is 27.4. The average molecular weight is 264 g/mol. The highest BCUT2D eigenvalue weighted by molar-refractivity contribution is 5.48. The van der Waals surface area contributed by atoms with Crippen molar-refractivity contribution in [2.24, 2.45) is 0 Å². The molecule has 1 heterocycles. The van der Waals surface area contributed by atoms with Gasteiger partial charge in [-0.15, -0.1) is 0 Å². The van der Waals surface area contributed by atoms with Gasteiger partial charge in [0.15, 0.2) is 12.0 Å². The SMILES string of the molecule is Cc1cc(N(CC#N)C2=C(F)C(F)CCC2)ncn1. The van der Waals surface area contributed by atoms with Gasteiger partial charge in [0.05, 0.1) is 11.8 Å². The minimum Gasteiger partial charge on any atom is -0.314 e. The van der Waals surface area contributed by atoms with E-state index in [1.54, 1.807) is 13.0 Å². The Morgan fingerprint density at radius 1 is 1.53 bits per heavy atom. The lowest BCUT2D eigenvalue weighted by Gasteiger charge is -2.28. The van der Waals surface area contributed by atoms with Gasteiger partial charge in [-0.3, -0.25) is 0 Å². The summed E-state index contributed by atoms with van der Waals surface area (Å²) in [5, 5.41) is 8.88. The third-order valence-corrected chi connectivity index (χ3v) is 3.04. The van der Waals surface area contributed by atoms with Crippen molar-refractivity contribution >= 4 is 5.82 Å². The topological polar surface area (TPSA) is 52.8 Å². The van der Waals surface area contributed by atoms with Gasteiger partial charge in [0.2, 0.25) is 0 Å². The Hall–Kier alpha value is -2.03. The van der Waals surface area contributed by atoms with E-state index < -0.39 is 12.0 Å². The summed E-state index contributed by atoms with van der Waals surface area (Å²) in [6, 6.07) is 3.61. The largest absolute Gasteiger partial charge is 0.314 e. The first kappa shape index (κ1) is 13.4. The first-order valence-electron chi connectivity index (χ1n) is 6.09. The molecule has 0 amide bonds. The van der Waals surface area contributed by atoms with E-state index >= 15 is 0 Å². The molecule has 0 aromatic carbocycles. The van der Waals surface area contributed by atoms with Gasteiger partial charge in [0, 0.05) is 11.8 Å². The second-order valence-corrected chi connectivity index (χ2v) is 4.42. The van der Waals surface area contributed by atoms with E-state index in [1.165, 1.54) is 11.2 Å². The highest BCUT2D eigenvalue weighted by Crippen LogP contribution is 2.32. The molecule has 1 aliphatic rings. The summed E-state index contributed by atoms with van der Waals surface area (Å²) in [6.45, 7) is 1.71. The zero-order chi connectivity index (χ0) is 13.8. The summed E-state index contributed by atoms with van der Waals surface area (Å²) in [5.41, 5.74) is 0.931. The van der Waals surface area contributed by atoms with E-state index in [2.05, 4.69) is 9.97 Å². The normalized spacial score (nSPS) is 19.2. The first-order valence-corrected chi connectivity index (χ1v) is 6.09. The van der Waals surface area contributed by atoms with Gasteiger partial charge in [-0.05, 0) is 26.2 Å². The molecule has 1 aromatic rings. The van der Waals surface area contributed by atoms with E-state index in [4.69, 9.17) is 5.26 Å². The summed E-state index contributed by atoms with van der Waals surface area (Å²) >= 11 is 0. The molecule has 0 saturated carbocycles. The number of anilines is 1. The molecule has 0 spiro atoms. The standard InChI is InChI=1S/C13H14F2N4/c1-9-7-12(18-8-17-9)19(6-5-16)11-4-2-3-10(14)13(11)15/h7-8,10H,2-4,6H2,1H3. The van der Waals surface area contributed by atoms with E-state index in [-0.39, 0.29) is 18.7 Å². The average Bonchev–Trinajstić information content (AvgIpc) is 2.40. The lowest BCUT2D eigenvalue weighted by Crippen LogP contribution is -2.28. The van der Waals surface area contributed by atoms with Crippen LogP contribution in [0, 0.1) is 18.3 Å². The van der Waals surface area contributed by atoms with Crippen molar-refractivity contribution in [1.82, 2.24) is 9.97 Å². The fraction of sp³-hybridized carbons (Fsp3) is 0.462. The maximum absolute atomic E-state index is 13.9. The predicted molar refractivity (Wildman–Crippen MR) is 66.6 cm³/mol. The lowest BCUT2D eigenvalue weighted by molar-refractivity contribution is 0.283. The highest BCUT2D eigenvalue weighted by Gasteiger charge is 2.27. The summed E-state index contributed by atoms with van der Waals surface area (Å²) in [4.78, 5) is 9.42. The zero-order valence-electron chi connectivity index (χ0n) is 10.6. The molecule has 0 bridgehead atoms. The number of hydrogen-bond donors (Lipinski definition) is 0. The zero-order valence-corrected chi connectivity index (χ0v) is 10.6. The fourth-order valence-electron chi connectivity index (χ4n) is 2.11. The van der Waals surface area contributed by atoms with Gasteiger partial charge in [-0.25, -0.2) is 18.7 Å². The molecule has 1 atom stereocenters. The van der Waals surface area contributed by atoms with Crippen LogP contribution in [0.1, 0.15) is 25.0 Å². The minimum absolute atomic E-state index is 0.0636. The molecular formula is C13H14F2N4. The third kappa shape index (κ3) is 2.87. The summed E-state index contributed by atoms with van der Waals surface area (Å²) in [6.07, 6.45) is 0.946. The lowest BCUT2D eigenvalue weighted by atomic mass is 10.0. The van der Waals surface area contributed by atoms with E-state index in [0.29, 0.717) is 24.4 Å². The Morgan fingerprint density at radius 2 is 2.32 bits per heavy atom. The Kier molecular flexibility index (Phi) is 4.05. The van der Waals surface area contributed by atoms with Crippen LogP contribution in [0.2, 0.25) is 0 Å². The highest BCUT2D eigenvalue weighted by atomic mass is 19.2. The van der Waals surface area contributed by atoms with Gasteiger partial charge >= 0.3 is 0 Å². The molecule has 1 unspecified atom stereocenters. The predicted octanol–water partition coefficient (Wildman–Crippen LogP) is 2.82. The van der Waals surface area contributed by atoms with Gasteiger partial charge in [0.1, 0.15) is 18.7 Å². The number of aryl methyl sites for hydroxylation is 1. The van der Waals surface area contributed by atoms with Crippen molar-refractivity contribution in [2.45, 2.75) is 32.4 Å². The van der Waals surface area contributed by atoms with Crippen LogP contribution < -0.4 is 4.90 Å². The van der Waals surface area contributed by atoms with Gasteiger partial charge in [-0.2, -0.15) is 5.26 Å². The van der Waals surface area contributed by atoms with Gasteiger partial charge < -0.3 is 4.90 Å². The fourth-order valence-corrected chi connectivity index (χ4v) is 2.11. The molecular weight excluding hydrogens is 250 g/mol. The molecule has 0 fully saturated rings. The van der Waals surface area contributed by atoms with Gasteiger partial charge in [0.25, 0.3) is 0 Å². The molecule has 1 aliphatic carbocycles. The Bertz CT molecular complexity index is 536. The number of halogens is 2. The molecule has 4 nitrogen and oxygen atoms in total. The number of allylic oxidation sites excluding steroid dienone is 2. The second-order valence-electron chi connectivity index (χ2n) is 4.42. The van der Waals surface area contributed by atoms with Crippen LogP contribution in [-0.4, -0.2) is 22.7 Å². The molecule has 0 N–H and O–H groups in total. The molecule has 19 heavy (non-hydrogen) atoms. The Morgan fingerprint density at radius 3 is 3.00 bits per heavy atom. The quantitative estimate of drug-likeness (QED) is 0.788. The molecule has 100 valence electrons. The van der Waals surface area contributed by atoms with Crippen molar-refractivity contribution in [2.75, 3.05) is 11.4 Å². The number of alkyl halides is 1. The Balaban J connectivity index is 2.41. The van der Waals surface area contributed by atoms with Crippen LogP contribution in [0.5, 0.6) is 0 Å². The monoisotopic (exact) mass is 264 g/mol. The molecule has 0 radical (unpaired) electrons. The number of hydrogen-bond acceptors (Lipinski definition) is 4. The maximum Gasteiger partial charge on any atom is 0.153 e. The molecule has 1 aromatic heterocycles. The van der Waals surface area contributed by atoms with Crippen molar-refractivity contribution < 1.29 is 8.78 Å². The van der Waals surface area contributed by atoms with E-state index in [1.807, 2.05) is 6.07 Å². The number of rotatable bonds is 3. The molecule has 0 saturated heterocycles. The third-order valence-electron chi connectivity index (χ3n) is 3.04. The van der Waals surface area contributed by atoms with Crippen LogP contribution in [-0.2, 0) is 0 Å². The van der Waals surface area contributed by atoms with Crippen LogP contribution in [0.3, 0.4) is 0 Å². The van der Waals surface area contributed by atoms with Crippen molar-refractivity contribution in [3.8, 4) is 6.07 Å². The Labute approximate surface area is 110 Å². The second kappa shape index (κ2) is 5.74. The van der Waals surface area contributed by atoms with Crippen molar-refractivity contribution in [3.63, 3.8) is 0 Å². The van der Waals surface area contributed by atoms with Crippen LogP contribution in [0.15, 0.2) is 23.9 Å².